The van der Waals surface area contributed by atoms with Crippen molar-refractivity contribution in [1.29, 1.82) is 0 Å². The van der Waals surface area contributed by atoms with Crippen LogP contribution in [0.15, 0.2) is 84.9 Å². The van der Waals surface area contributed by atoms with Gasteiger partial charge in [-0.05, 0) is 54.9 Å². The lowest BCUT2D eigenvalue weighted by molar-refractivity contribution is 0.187. The van der Waals surface area contributed by atoms with Crippen molar-refractivity contribution in [2.24, 2.45) is 0 Å². The number of hydrogen-bond donors (Lipinski definition) is 2. The first kappa shape index (κ1) is 36.9. The predicted octanol–water partition coefficient (Wildman–Crippen LogP) is 10.2. The van der Waals surface area contributed by atoms with Crippen LogP contribution in [0.4, 0.5) is 25.8 Å². The van der Waals surface area contributed by atoms with Gasteiger partial charge in [0.2, 0.25) is 0 Å². The van der Waals surface area contributed by atoms with Crippen LogP contribution in [0.1, 0.15) is 51.0 Å². The van der Waals surface area contributed by atoms with E-state index in [1.807, 2.05) is 55.5 Å². The van der Waals surface area contributed by atoms with Gasteiger partial charge in [0.25, 0.3) is 0 Å². The van der Waals surface area contributed by atoms with Crippen LogP contribution in [-0.2, 0) is 4.74 Å². The normalized spacial score (nSPS) is 10.2. The van der Waals surface area contributed by atoms with Crippen molar-refractivity contribution in [3.63, 3.8) is 0 Å². The van der Waals surface area contributed by atoms with Crippen LogP contribution in [0.3, 0.4) is 0 Å². The highest BCUT2D eigenvalue weighted by molar-refractivity contribution is 8.13. The Morgan fingerprint density at radius 2 is 1.45 bits per heavy atom. The van der Waals surface area contributed by atoms with Crippen molar-refractivity contribution in [2.45, 2.75) is 52.4 Å². The Morgan fingerprint density at radius 1 is 0.766 bits per heavy atom. The second-order valence-corrected chi connectivity index (χ2v) is 11.7. The lowest BCUT2D eigenvalue weighted by Gasteiger charge is -2.09. The Morgan fingerprint density at radius 3 is 2.17 bits per heavy atom. The second-order valence-electron chi connectivity index (χ2n) is 10.2. The number of aryl methyl sites for hydroxylation is 1. The largest absolute Gasteiger partial charge is 0.453 e. The van der Waals surface area contributed by atoms with E-state index in [4.69, 9.17) is 21.1 Å². The van der Waals surface area contributed by atoms with E-state index in [1.54, 1.807) is 24.3 Å². The van der Waals surface area contributed by atoms with Crippen molar-refractivity contribution in [1.82, 2.24) is 10.2 Å². The van der Waals surface area contributed by atoms with E-state index < -0.39 is 12.2 Å². The molecule has 0 unspecified atom stereocenters. The van der Waals surface area contributed by atoms with E-state index >= 15 is 0 Å². The Labute approximate surface area is 284 Å². The maximum absolute atomic E-state index is 12.1. The molecule has 47 heavy (non-hydrogen) atoms. The van der Waals surface area contributed by atoms with E-state index in [-0.39, 0.29) is 10.5 Å². The first-order valence-electron chi connectivity index (χ1n) is 15.2. The van der Waals surface area contributed by atoms with Crippen LogP contribution in [0.25, 0.3) is 11.3 Å². The lowest BCUT2D eigenvalue weighted by Crippen LogP contribution is -2.17. The number of methoxy groups -OCH3 is 1. The molecule has 0 aliphatic rings. The van der Waals surface area contributed by atoms with Crippen molar-refractivity contribution in [2.75, 3.05) is 23.5 Å². The third-order valence-electron chi connectivity index (χ3n) is 6.43. The van der Waals surface area contributed by atoms with Crippen LogP contribution in [0, 0.1) is 6.92 Å². The van der Waals surface area contributed by atoms with Crippen LogP contribution in [0.5, 0.6) is 11.5 Å². The minimum atomic E-state index is -0.610. The van der Waals surface area contributed by atoms with E-state index in [1.165, 1.54) is 56.7 Å². The Bertz CT molecular complexity index is 1590. The summed E-state index contributed by atoms with van der Waals surface area (Å²) in [4.78, 5) is 35.1. The smallest absolute Gasteiger partial charge is 0.417 e. The van der Waals surface area contributed by atoms with Crippen LogP contribution >= 0.6 is 23.4 Å². The second kappa shape index (κ2) is 20.5. The summed E-state index contributed by atoms with van der Waals surface area (Å²) in [5, 5.41) is 12.9. The summed E-state index contributed by atoms with van der Waals surface area (Å²) in [5.74, 6) is 1.41. The molecule has 248 valence electrons. The number of carbonyl (C=O) groups is 3. The molecule has 0 radical (unpaired) electrons. The number of anilines is 2. The summed E-state index contributed by atoms with van der Waals surface area (Å²) in [6.07, 6.45) is 5.99. The third kappa shape index (κ3) is 14.1. The zero-order valence-electron chi connectivity index (χ0n) is 26.7. The van der Waals surface area contributed by atoms with Gasteiger partial charge in [-0.25, -0.2) is 14.4 Å². The maximum Gasteiger partial charge on any atom is 0.417 e. The topological polar surface area (TPSA) is 129 Å². The third-order valence-corrected chi connectivity index (χ3v) is 7.42. The molecule has 0 fully saturated rings. The quantitative estimate of drug-likeness (QED) is 0.111. The molecule has 0 saturated heterocycles. The van der Waals surface area contributed by atoms with E-state index in [9.17, 15) is 14.4 Å². The van der Waals surface area contributed by atoms with Gasteiger partial charge < -0.3 is 14.2 Å². The van der Waals surface area contributed by atoms with E-state index in [0.717, 1.165) is 29.7 Å². The number of nitrogens with zero attached hydrogens (tertiary/aromatic N) is 2. The fraction of sp³-hybridized carbons (Fsp3) is 0.286. The van der Waals surface area contributed by atoms with Gasteiger partial charge in [-0.1, -0.05) is 99.2 Å². The summed E-state index contributed by atoms with van der Waals surface area (Å²) >= 11 is 7.10. The minimum Gasteiger partial charge on any atom is -0.453 e. The maximum atomic E-state index is 12.1. The first-order valence-corrected chi connectivity index (χ1v) is 16.6. The molecule has 3 aromatic carbocycles. The van der Waals surface area contributed by atoms with Gasteiger partial charge in [0, 0.05) is 34.8 Å². The summed E-state index contributed by atoms with van der Waals surface area (Å²) in [6.45, 7) is 4.13. The molecule has 0 aliphatic heterocycles. The molecule has 2 N–H and O–H groups in total. The molecule has 0 atom stereocenters. The standard InChI is InChI=1S/C19H23ClN2O2S.C16H16N2O4/c1-2-3-4-5-6-10-13-25-19(23)24-16-14-17(20)21-22-18(16)15-11-8-7-9-12-15;1-11-5-3-6-12(9-11)18-16(20)22-14-8-4-7-13(10-14)17-15(19)21-2/h7-9,11-12,14H,2-6,10,13H2,1H3;3-10H,1-2H3,(H,17,19)(H,18,20). The highest BCUT2D eigenvalue weighted by atomic mass is 35.5. The predicted molar refractivity (Wildman–Crippen MR) is 188 cm³/mol. The van der Waals surface area contributed by atoms with Gasteiger partial charge in [-0.2, -0.15) is 0 Å². The van der Waals surface area contributed by atoms with E-state index in [0.29, 0.717) is 28.6 Å². The molecule has 2 amide bonds. The molecule has 0 aliphatic carbocycles. The summed E-state index contributed by atoms with van der Waals surface area (Å²) in [5.41, 5.74) is 3.48. The Balaban J connectivity index is 0.000000257. The zero-order valence-corrected chi connectivity index (χ0v) is 28.2. The number of hydrogen-bond acceptors (Lipinski definition) is 9. The molecule has 4 rings (SSSR count). The summed E-state index contributed by atoms with van der Waals surface area (Å²) < 4.78 is 15.1. The van der Waals surface area contributed by atoms with Gasteiger partial charge in [-0.3, -0.25) is 10.6 Å². The number of halogens is 1. The molecule has 0 spiro atoms. The van der Waals surface area contributed by atoms with Crippen molar-refractivity contribution < 1.29 is 28.6 Å². The number of aromatic nitrogens is 2. The fourth-order valence-corrected chi connectivity index (χ4v) is 4.96. The minimum absolute atomic E-state index is 0.198. The number of carbonyl (C=O) groups excluding carboxylic acids is 3. The molecule has 1 aromatic heterocycles. The van der Waals surface area contributed by atoms with E-state index in [2.05, 4.69) is 32.5 Å². The van der Waals surface area contributed by atoms with Crippen LogP contribution in [-0.4, -0.2) is 40.5 Å². The van der Waals surface area contributed by atoms with Crippen molar-refractivity contribution in [3.8, 4) is 22.8 Å². The highest BCUT2D eigenvalue weighted by Crippen LogP contribution is 2.30. The first-order chi connectivity index (χ1) is 22.8. The molecular weight excluding hydrogens is 640 g/mol. The number of amides is 2. The SMILES string of the molecule is CCCCCCCCSC(=O)Oc1cc(Cl)nnc1-c1ccccc1.COC(=O)Nc1cccc(OC(=O)Nc2cccc(C)c2)c1. The van der Waals surface area contributed by atoms with Crippen molar-refractivity contribution in [3.05, 3.63) is 95.6 Å². The average molecular weight is 679 g/mol. The Hall–Kier alpha value is -4.61. The average Bonchev–Trinajstić information content (AvgIpc) is 3.05. The highest BCUT2D eigenvalue weighted by Gasteiger charge is 2.14. The number of ether oxygens (including phenoxy) is 3. The monoisotopic (exact) mass is 678 g/mol. The fourth-order valence-electron chi connectivity index (χ4n) is 4.16. The molecule has 1 heterocycles. The zero-order chi connectivity index (χ0) is 33.9. The molecule has 12 heteroatoms. The summed E-state index contributed by atoms with van der Waals surface area (Å²) in [6, 6.07) is 24.8. The number of benzene rings is 3. The van der Waals surface area contributed by atoms with Gasteiger partial charge in [0.1, 0.15) is 11.4 Å². The molecule has 4 aromatic rings. The van der Waals surface area contributed by atoms with Gasteiger partial charge in [0.15, 0.2) is 10.9 Å². The number of rotatable bonds is 12. The van der Waals surface area contributed by atoms with Gasteiger partial charge in [0.05, 0.1) is 7.11 Å². The van der Waals surface area contributed by atoms with Crippen molar-refractivity contribution >= 4 is 52.2 Å². The molecule has 10 nitrogen and oxygen atoms in total. The Kier molecular flexibility index (Phi) is 16.1. The number of unbranched alkanes of at least 4 members (excludes halogenated alkanes) is 5. The van der Waals surface area contributed by atoms with Crippen LogP contribution < -0.4 is 20.1 Å². The number of thioether (sulfide) groups is 1. The summed E-state index contributed by atoms with van der Waals surface area (Å²) in [7, 11) is 1.27. The molecule has 0 bridgehead atoms. The number of nitrogens with one attached hydrogen (secondary N) is 2. The molecular formula is C35H39ClN4O6S. The van der Waals surface area contributed by atoms with Crippen LogP contribution in [0.2, 0.25) is 5.15 Å². The lowest BCUT2D eigenvalue weighted by atomic mass is 10.1. The van der Waals surface area contributed by atoms with Gasteiger partial charge >= 0.3 is 17.5 Å². The molecule has 0 saturated carbocycles. The van der Waals surface area contributed by atoms with Gasteiger partial charge in [-0.15, -0.1) is 10.2 Å².